The van der Waals surface area contributed by atoms with Crippen molar-refractivity contribution < 1.29 is 19.1 Å². The fourth-order valence-corrected chi connectivity index (χ4v) is 3.49. The molecule has 1 saturated carbocycles. The predicted molar refractivity (Wildman–Crippen MR) is 110 cm³/mol. The van der Waals surface area contributed by atoms with Crippen molar-refractivity contribution in [3.05, 3.63) is 65.7 Å². The SMILES string of the molecule is CC(NC(=O)c1ccccc1NC(=O)COC(=O)C1CCCC1)c1ccccc1. The second-order valence-corrected chi connectivity index (χ2v) is 7.29. The fourth-order valence-electron chi connectivity index (χ4n) is 3.49. The summed E-state index contributed by atoms with van der Waals surface area (Å²) in [5.41, 5.74) is 1.72. The third kappa shape index (κ3) is 5.67. The summed E-state index contributed by atoms with van der Waals surface area (Å²) in [6.45, 7) is 1.54. The largest absolute Gasteiger partial charge is 0.455 e. The number of nitrogens with one attached hydrogen (secondary N) is 2. The van der Waals surface area contributed by atoms with Crippen LogP contribution in [0.3, 0.4) is 0 Å². The van der Waals surface area contributed by atoms with Crippen molar-refractivity contribution in [1.82, 2.24) is 5.32 Å². The molecule has 0 aliphatic heterocycles. The van der Waals surface area contributed by atoms with Crippen molar-refractivity contribution in [2.24, 2.45) is 5.92 Å². The Morgan fingerprint density at radius 2 is 1.66 bits per heavy atom. The van der Waals surface area contributed by atoms with Gasteiger partial charge in [0, 0.05) is 0 Å². The highest BCUT2D eigenvalue weighted by molar-refractivity contribution is 6.04. The first-order valence-corrected chi connectivity index (χ1v) is 9.96. The summed E-state index contributed by atoms with van der Waals surface area (Å²) in [6.07, 6.45) is 3.69. The Morgan fingerprint density at radius 3 is 2.38 bits per heavy atom. The van der Waals surface area contributed by atoms with Gasteiger partial charge in [-0.1, -0.05) is 55.3 Å². The monoisotopic (exact) mass is 394 g/mol. The lowest BCUT2D eigenvalue weighted by Crippen LogP contribution is -2.29. The zero-order chi connectivity index (χ0) is 20.6. The minimum Gasteiger partial charge on any atom is -0.455 e. The van der Waals surface area contributed by atoms with Gasteiger partial charge in [-0.2, -0.15) is 0 Å². The molecule has 2 N–H and O–H groups in total. The van der Waals surface area contributed by atoms with Crippen LogP contribution in [0.1, 0.15) is 54.6 Å². The van der Waals surface area contributed by atoms with E-state index in [-0.39, 0.29) is 30.4 Å². The maximum atomic E-state index is 12.7. The van der Waals surface area contributed by atoms with Crippen LogP contribution in [0.25, 0.3) is 0 Å². The van der Waals surface area contributed by atoms with Crippen LogP contribution in [-0.2, 0) is 14.3 Å². The van der Waals surface area contributed by atoms with Gasteiger partial charge in [-0.25, -0.2) is 0 Å². The number of hydrogen-bond acceptors (Lipinski definition) is 4. The summed E-state index contributed by atoms with van der Waals surface area (Å²) in [5, 5.41) is 5.61. The molecule has 2 aromatic carbocycles. The number of carbonyl (C=O) groups excluding carboxylic acids is 3. The maximum absolute atomic E-state index is 12.7. The molecule has 3 rings (SSSR count). The summed E-state index contributed by atoms with van der Waals surface area (Å²) in [4.78, 5) is 36.9. The molecule has 2 aromatic rings. The van der Waals surface area contributed by atoms with Crippen molar-refractivity contribution >= 4 is 23.5 Å². The smallest absolute Gasteiger partial charge is 0.309 e. The van der Waals surface area contributed by atoms with Crippen LogP contribution in [0.5, 0.6) is 0 Å². The van der Waals surface area contributed by atoms with Crippen LogP contribution in [0.15, 0.2) is 54.6 Å². The standard InChI is InChI=1S/C23H26N2O4/c1-16(17-9-3-2-4-10-17)24-22(27)19-13-7-8-14-20(19)25-21(26)15-29-23(28)18-11-5-6-12-18/h2-4,7-10,13-14,16,18H,5-6,11-12,15H2,1H3,(H,24,27)(H,25,26). The Bertz CT molecular complexity index is 860. The number of rotatable bonds is 7. The molecule has 29 heavy (non-hydrogen) atoms. The van der Waals surface area contributed by atoms with E-state index < -0.39 is 5.91 Å². The average Bonchev–Trinajstić information content (AvgIpc) is 3.28. The Kier molecular flexibility index (Phi) is 7.00. The van der Waals surface area contributed by atoms with Crippen LogP contribution in [0.4, 0.5) is 5.69 Å². The van der Waals surface area contributed by atoms with E-state index in [1.807, 2.05) is 37.3 Å². The van der Waals surface area contributed by atoms with E-state index in [1.54, 1.807) is 24.3 Å². The molecule has 1 unspecified atom stereocenters. The lowest BCUT2D eigenvalue weighted by atomic mass is 10.1. The Morgan fingerprint density at radius 1 is 1.00 bits per heavy atom. The molecule has 1 fully saturated rings. The molecule has 6 nitrogen and oxygen atoms in total. The van der Waals surface area contributed by atoms with Crippen LogP contribution >= 0.6 is 0 Å². The van der Waals surface area contributed by atoms with E-state index in [4.69, 9.17) is 4.74 Å². The summed E-state index contributed by atoms with van der Waals surface area (Å²) in [5.74, 6) is -1.17. The van der Waals surface area contributed by atoms with Gasteiger partial charge in [-0.3, -0.25) is 14.4 Å². The number of para-hydroxylation sites is 1. The van der Waals surface area contributed by atoms with Gasteiger partial charge in [0.2, 0.25) is 0 Å². The average molecular weight is 394 g/mol. The number of benzene rings is 2. The molecule has 1 aliphatic rings. The summed E-state index contributed by atoms with van der Waals surface area (Å²) in [6, 6.07) is 16.2. The Hall–Kier alpha value is -3.15. The molecule has 0 spiro atoms. The highest BCUT2D eigenvalue weighted by Gasteiger charge is 2.24. The lowest BCUT2D eigenvalue weighted by molar-refractivity contribution is -0.151. The fraction of sp³-hybridized carbons (Fsp3) is 0.348. The second kappa shape index (κ2) is 9.87. The zero-order valence-corrected chi connectivity index (χ0v) is 16.5. The molecule has 152 valence electrons. The van der Waals surface area contributed by atoms with Crippen molar-refractivity contribution in [2.75, 3.05) is 11.9 Å². The number of esters is 1. The van der Waals surface area contributed by atoms with Crippen LogP contribution in [0.2, 0.25) is 0 Å². The van der Waals surface area contributed by atoms with E-state index in [1.165, 1.54) is 0 Å². The van der Waals surface area contributed by atoms with Gasteiger partial charge in [-0.15, -0.1) is 0 Å². The number of amides is 2. The van der Waals surface area contributed by atoms with E-state index in [2.05, 4.69) is 10.6 Å². The van der Waals surface area contributed by atoms with Gasteiger partial charge in [0.15, 0.2) is 6.61 Å². The molecule has 0 radical (unpaired) electrons. The quantitative estimate of drug-likeness (QED) is 0.699. The molecule has 1 atom stereocenters. The Labute approximate surface area is 170 Å². The predicted octanol–water partition coefficient (Wildman–Crippen LogP) is 3.85. The molecular formula is C23H26N2O4. The number of anilines is 1. The van der Waals surface area contributed by atoms with Gasteiger partial charge in [0.25, 0.3) is 11.8 Å². The molecule has 2 amide bonds. The molecule has 0 aromatic heterocycles. The maximum Gasteiger partial charge on any atom is 0.309 e. The third-order valence-corrected chi connectivity index (χ3v) is 5.13. The molecule has 1 aliphatic carbocycles. The van der Waals surface area contributed by atoms with Gasteiger partial charge in [0.05, 0.1) is 23.2 Å². The lowest BCUT2D eigenvalue weighted by Gasteiger charge is -2.16. The van der Waals surface area contributed by atoms with Gasteiger partial charge < -0.3 is 15.4 Å². The minimum atomic E-state index is -0.465. The van der Waals surface area contributed by atoms with Gasteiger partial charge >= 0.3 is 5.97 Å². The number of hydrogen-bond donors (Lipinski definition) is 2. The number of ether oxygens (including phenoxy) is 1. The zero-order valence-electron chi connectivity index (χ0n) is 16.5. The van der Waals surface area contributed by atoms with Crippen molar-refractivity contribution in [3.63, 3.8) is 0 Å². The molecular weight excluding hydrogens is 368 g/mol. The topological polar surface area (TPSA) is 84.5 Å². The first kappa shape index (κ1) is 20.6. The first-order valence-electron chi connectivity index (χ1n) is 9.96. The third-order valence-electron chi connectivity index (χ3n) is 5.13. The minimum absolute atomic E-state index is 0.0969. The normalized spacial score (nSPS) is 14.8. The van der Waals surface area contributed by atoms with Crippen molar-refractivity contribution in [3.8, 4) is 0 Å². The van der Waals surface area contributed by atoms with Crippen LogP contribution in [0, 0.1) is 5.92 Å². The van der Waals surface area contributed by atoms with E-state index in [0.717, 1.165) is 31.2 Å². The number of carbonyl (C=O) groups is 3. The molecule has 0 bridgehead atoms. The summed E-state index contributed by atoms with van der Waals surface area (Å²) < 4.78 is 5.13. The molecule has 0 saturated heterocycles. The van der Waals surface area contributed by atoms with E-state index in [9.17, 15) is 14.4 Å². The van der Waals surface area contributed by atoms with Crippen LogP contribution < -0.4 is 10.6 Å². The summed E-state index contributed by atoms with van der Waals surface area (Å²) in [7, 11) is 0. The van der Waals surface area contributed by atoms with Gasteiger partial charge in [0.1, 0.15) is 0 Å². The molecule has 6 heteroatoms. The van der Waals surface area contributed by atoms with E-state index in [0.29, 0.717) is 11.3 Å². The second-order valence-electron chi connectivity index (χ2n) is 7.29. The highest BCUT2D eigenvalue weighted by Crippen LogP contribution is 2.25. The van der Waals surface area contributed by atoms with Crippen molar-refractivity contribution in [2.45, 2.75) is 38.6 Å². The Balaban J connectivity index is 1.58. The first-order chi connectivity index (χ1) is 14.0. The van der Waals surface area contributed by atoms with E-state index >= 15 is 0 Å². The summed E-state index contributed by atoms with van der Waals surface area (Å²) >= 11 is 0. The molecule has 0 heterocycles. The highest BCUT2D eigenvalue weighted by atomic mass is 16.5. The van der Waals surface area contributed by atoms with Crippen LogP contribution in [-0.4, -0.2) is 24.4 Å². The van der Waals surface area contributed by atoms with Gasteiger partial charge in [-0.05, 0) is 37.5 Å². The van der Waals surface area contributed by atoms with Crippen molar-refractivity contribution in [1.29, 1.82) is 0 Å².